The molecule has 90 valence electrons. The number of rotatable bonds is 3. The fourth-order valence-corrected chi connectivity index (χ4v) is 3.74. The lowest BCUT2D eigenvalue weighted by atomic mass is 9.68. The summed E-state index contributed by atoms with van der Waals surface area (Å²) < 4.78 is 0. The van der Waals surface area contributed by atoms with Crippen molar-refractivity contribution < 1.29 is 4.79 Å². The number of nitrogens with two attached hydrogens (primary N) is 1. The zero-order valence-corrected chi connectivity index (χ0v) is 10.1. The summed E-state index contributed by atoms with van der Waals surface area (Å²) in [6.45, 7) is 4.74. The summed E-state index contributed by atoms with van der Waals surface area (Å²) in [4.78, 5) is 10.4. The second-order valence-electron chi connectivity index (χ2n) is 5.72. The van der Waals surface area contributed by atoms with Crippen molar-refractivity contribution >= 4 is 12.2 Å². The van der Waals surface area contributed by atoms with Gasteiger partial charge in [0.25, 0.3) is 0 Å². The lowest BCUT2D eigenvalue weighted by Crippen LogP contribution is -2.31. The van der Waals surface area contributed by atoms with Crippen LogP contribution < -0.4 is 11.2 Å². The van der Waals surface area contributed by atoms with Gasteiger partial charge in [0.05, 0.1) is 0 Å². The summed E-state index contributed by atoms with van der Waals surface area (Å²) in [6, 6.07) is -0.594. The van der Waals surface area contributed by atoms with Crippen molar-refractivity contribution in [1.29, 1.82) is 0 Å². The number of hydrazone groups is 1. The first kappa shape index (κ1) is 11.4. The topological polar surface area (TPSA) is 67.5 Å². The first-order valence-corrected chi connectivity index (χ1v) is 6.08. The van der Waals surface area contributed by atoms with E-state index in [0.717, 1.165) is 18.3 Å². The van der Waals surface area contributed by atoms with Gasteiger partial charge in [0.15, 0.2) is 0 Å². The van der Waals surface area contributed by atoms with Gasteiger partial charge in [-0.05, 0) is 48.9 Å². The summed E-state index contributed by atoms with van der Waals surface area (Å²) >= 11 is 0. The Morgan fingerprint density at radius 1 is 1.56 bits per heavy atom. The third-order valence-corrected chi connectivity index (χ3v) is 4.68. The smallest absolute Gasteiger partial charge is 0.332 e. The number of carbonyl (C=O) groups excluding carboxylic acids is 1. The number of hydrogen-bond acceptors (Lipinski definition) is 2. The van der Waals surface area contributed by atoms with Crippen molar-refractivity contribution in [3.63, 3.8) is 0 Å². The number of carbonyl (C=O) groups is 1. The van der Waals surface area contributed by atoms with Gasteiger partial charge in [-0.3, -0.25) is 0 Å². The lowest BCUT2D eigenvalue weighted by molar-refractivity contribution is 0.129. The Morgan fingerprint density at radius 3 is 2.88 bits per heavy atom. The number of fused-ring (bicyclic) bond motifs is 2. The minimum atomic E-state index is -0.594. The van der Waals surface area contributed by atoms with Crippen LogP contribution in [0.15, 0.2) is 5.10 Å². The summed E-state index contributed by atoms with van der Waals surface area (Å²) in [5.41, 5.74) is 7.62. The van der Waals surface area contributed by atoms with Crippen molar-refractivity contribution in [3.05, 3.63) is 0 Å². The third-order valence-electron chi connectivity index (χ3n) is 4.68. The largest absolute Gasteiger partial charge is 0.350 e. The van der Waals surface area contributed by atoms with E-state index >= 15 is 0 Å². The first-order valence-electron chi connectivity index (χ1n) is 6.08. The molecule has 2 fully saturated rings. The van der Waals surface area contributed by atoms with Crippen LogP contribution in [0.25, 0.3) is 0 Å². The van der Waals surface area contributed by atoms with Crippen LogP contribution in [0.5, 0.6) is 0 Å². The van der Waals surface area contributed by atoms with Crippen molar-refractivity contribution in [2.45, 2.75) is 39.5 Å². The number of primary amides is 1. The van der Waals surface area contributed by atoms with Crippen LogP contribution in [0.2, 0.25) is 0 Å². The molecule has 4 nitrogen and oxygen atoms in total. The highest BCUT2D eigenvalue weighted by atomic mass is 16.2. The maximum absolute atomic E-state index is 10.4. The van der Waals surface area contributed by atoms with Gasteiger partial charge in [-0.1, -0.05) is 13.8 Å². The molecule has 0 saturated heterocycles. The SMILES string of the molecule is CC1(C)[C@H]2CC[C@@H](C2)[C@H]1C/C=N\NC(N)=O. The molecule has 3 atom stereocenters. The molecule has 0 radical (unpaired) electrons. The maximum Gasteiger partial charge on any atom is 0.332 e. The Kier molecular flexibility index (Phi) is 2.91. The zero-order valence-electron chi connectivity index (χ0n) is 10.1. The Morgan fingerprint density at radius 2 is 2.31 bits per heavy atom. The van der Waals surface area contributed by atoms with Crippen molar-refractivity contribution in [2.24, 2.45) is 34.0 Å². The predicted molar refractivity (Wildman–Crippen MR) is 63.9 cm³/mol. The monoisotopic (exact) mass is 223 g/mol. The quantitative estimate of drug-likeness (QED) is 0.558. The zero-order chi connectivity index (χ0) is 11.8. The Balaban J connectivity index is 1.90. The standard InChI is InChI=1S/C12H21N3O/c1-12(2)9-4-3-8(7-9)10(12)5-6-14-15-11(13)16/h6,8-10H,3-5,7H2,1-2H3,(H3,13,15,16)/b14-6-/t8-,9-,10+/m0/s1. The second kappa shape index (κ2) is 4.07. The van der Waals surface area contributed by atoms with Gasteiger partial charge in [-0.15, -0.1) is 0 Å². The molecule has 0 unspecified atom stereocenters. The lowest BCUT2D eigenvalue weighted by Gasteiger charge is -2.37. The number of amides is 2. The van der Waals surface area contributed by atoms with E-state index in [9.17, 15) is 4.79 Å². The molecule has 2 amide bonds. The van der Waals surface area contributed by atoms with Crippen molar-refractivity contribution in [2.75, 3.05) is 0 Å². The average Bonchev–Trinajstić information content (AvgIpc) is 2.72. The van der Waals surface area contributed by atoms with Crippen LogP contribution in [0, 0.1) is 23.2 Å². The summed E-state index contributed by atoms with van der Waals surface area (Å²) in [5.74, 6) is 2.46. The van der Waals surface area contributed by atoms with Gasteiger partial charge in [-0.2, -0.15) is 5.10 Å². The van der Waals surface area contributed by atoms with E-state index in [4.69, 9.17) is 5.73 Å². The van der Waals surface area contributed by atoms with E-state index in [2.05, 4.69) is 24.4 Å². The molecule has 0 aromatic rings. The van der Waals surface area contributed by atoms with E-state index in [1.54, 1.807) is 6.21 Å². The van der Waals surface area contributed by atoms with Gasteiger partial charge in [0, 0.05) is 6.21 Å². The van der Waals surface area contributed by atoms with Gasteiger partial charge in [-0.25, -0.2) is 10.2 Å². The molecule has 0 heterocycles. The van der Waals surface area contributed by atoms with E-state index in [1.165, 1.54) is 19.3 Å². The molecular weight excluding hydrogens is 202 g/mol. The number of hydrogen-bond donors (Lipinski definition) is 2. The molecule has 2 aliphatic carbocycles. The van der Waals surface area contributed by atoms with Crippen LogP contribution >= 0.6 is 0 Å². The number of urea groups is 1. The third kappa shape index (κ3) is 1.93. The molecular formula is C12H21N3O. The van der Waals surface area contributed by atoms with E-state index < -0.39 is 6.03 Å². The van der Waals surface area contributed by atoms with Gasteiger partial charge in [0.1, 0.15) is 0 Å². The first-order chi connectivity index (χ1) is 7.51. The molecule has 4 heteroatoms. The average molecular weight is 223 g/mol. The fraction of sp³-hybridized carbons (Fsp3) is 0.833. The highest BCUT2D eigenvalue weighted by Gasteiger charge is 2.51. The fourth-order valence-electron chi connectivity index (χ4n) is 3.74. The summed E-state index contributed by atoms with van der Waals surface area (Å²) in [5, 5.41) is 3.83. The van der Waals surface area contributed by atoms with Gasteiger partial charge < -0.3 is 5.73 Å². The Hall–Kier alpha value is -1.06. The molecule has 0 spiro atoms. The normalized spacial score (nSPS) is 35.8. The minimum absolute atomic E-state index is 0.432. The Bertz CT molecular complexity index is 311. The molecule has 2 bridgehead atoms. The molecule has 2 saturated carbocycles. The van der Waals surface area contributed by atoms with Crippen LogP contribution in [-0.4, -0.2) is 12.2 Å². The van der Waals surface area contributed by atoms with E-state index in [-0.39, 0.29) is 0 Å². The van der Waals surface area contributed by atoms with Crippen LogP contribution in [0.3, 0.4) is 0 Å². The molecule has 2 rings (SSSR count). The van der Waals surface area contributed by atoms with Crippen molar-refractivity contribution in [1.82, 2.24) is 5.43 Å². The predicted octanol–water partition coefficient (Wildman–Crippen LogP) is 2.10. The summed E-state index contributed by atoms with van der Waals surface area (Å²) in [6.07, 6.45) is 6.90. The van der Waals surface area contributed by atoms with Gasteiger partial charge in [0.2, 0.25) is 0 Å². The van der Waals surface area contributed by atoms with Gasteiger partial charge >= 0.3 is 6.03 Å². The van der Waals surface area contributed by atoms with Crippen molar-refractivity contribution in [3.8, 4) is 0 Å². The number of nitrogens with zero attached hydrogens (tertiary/aromatic N) is 1. The molecule has 0 aromatic heterocycles. The van der Waals surface area contributed by atoms with Crippen LogP contribution in [0.4, 0.5) is 4.79 Å². The molecule has 0 aliphatic heterocycles. The highest BCUT2D eigenvalue weighted by molar-refractivity contribution is 5.72. The van der Waals surface area contributed by atoms with Crippen LogP contribution in [0.1, 0.15) is 39.5 Å². The van der Waals surface area contributed by atoms with E-state index in [0.29, 0.717) is 11.3 Å². The molecule has 0 aromatic carbocycles. The number of nitrogens with one attached hydrogen (secondary N) is 1. The Labute approximate surface area is 96.7 Å². The molecule has 2 aliphatic rings. The maximum atomic E-state index is 10.4. The summed E-state index contributed by atoms with van der Waals surface area (Å²) in [7, 11) is 0. The van der Waals surface area contributed by atoms with E-state index in [1.807, 2.05) is 0 Å². The molecule has 16 heavy (non-hydrogen) atoms. The van der Waals surface area contributed by atoms with Crippen LogP contribution in [-0.2, 0) is 0 Å². The second-order valence-corrected chi connectivity index (χ2v) is 5.72. The highest BCUT2D eigenvalue weighted by Crippen LogP contribution is 2.60. The molecule has 3 N–H and O–H groups in total. The minimum Gasteiger partial charge on any atom is -0.350 e.